The number of anilines is 2. The van der Waals surface area contributed by atoms with Gasteiger partial charge in [-0.15, -0.1) is 0 Å². The van der Waals surface area contributed by atoms with Crippen molar-refractivity contribution < 1.29 is 48.5 Å². The second kappa shape index (κ2) is 33.6. The summed E-state index contributed by atoms with van der Waals surface area (Å²) in [6.07, 6.45) is 11.3. The Morgan fingerprint density at radius 2 is 0.621 bits per heavy atom. The number of benzene rings is 11. The number of nitrogens with zero attached hydrogens (tertiary/aromatic N) is 12. The van der Waals surface area contributed by atoms with E-state index >= 15 is 0 Å². The van der Waals surface area contributed by atoms with Gasteiger partial charge >= 0.3 is 0 Å². The second-order valence-corrected chi connectivity index (χ2v) is 33.0. The summed E-state index contributed by atoms with van der Waals surface area (Å²) in [6, 6.07) is 61.4. The molecule has 15 rings (SSSR count). The maximum absolute atomic E-state index is 13.1. The Morgan fingerprint density at radius 1 is 0.315 bits per heavy atom. The number of non-ortho nitro benzene ring substituents is 4. The van der Waals surface area contributed by atoms with Crippen molar-refractivity contribution in [1.29, 1.82) is 0 Å². The van der Waals surface area contributed by atoms with E-state index < -0.39 is 61.0 Å². The quantitative estimate of drug-likeness (QED) is 0.0250. The lowest BCUT2D eigenvalue weighted by Crippen LogP contribution is -2.39. The molecule has 0 N–H and O–H groups in total. The van der Waals surface area contributed by atoms with Gasteiger partial charge < -0.3 is 9.80 Å². The number of allylic oxidation sites excluding steroid dienone is 8. The first-order valence-corrected chi connectivity index (χ1v) is 40.2. The molecule has 4 aliphatic rings. The fourth-order valence-electron chi connectivity index (χ4n) is 18.9. The van der Waals surface area contributed by atoms with Gasteiger partial charge in [0, 0.05) is 188 Å². The minimum absolute atomic E-state index is 0.0270. The van der Waals surface area contributed by atoms with E-state index in [4.69, 9.17) is 46.4 Å². The molecule has 11 aromatic rings. The van der Waals surface area contributed by atoms with Crippen LogP contribution in [0, 0.1) is 80.9 Å². The van der Waals surface area contributed by atoms with E-state index in [1.165, 1.54) is 78.9 Å². The lowest BCUT2D eigenvalue weighted by Gasteiger charge is -2.33. The molecule has 3 atom stereocenters. The molecule has 0 amide bonds. The number of hydrogen-bond donors (Lipinski definition) is 0. The average molecular weight is 1740 g/mol. The van der Waals surface area contributed by atoms with Gasteiger partial charge in [-0.1, -0.05) is 168 Å². The summed E-state index contributed by atoms with van der Waals surface area (Å²) in [6.45, 7) is 0. The molecule has 622 valence electrons. The van der Waals surface area contributed by atoms with Crippen LogP contribution in [0.4, 0.5) is 68.2 Å². The highest BCUT2D eigenvalue weighted by Gasteiger charge is 2.55. The SMILES string of the molecule is CN1/C(=C/C=C/C2=[N+](C)c3ccc([N+](=O)[O-])cc3C2(Cc2ccc(CC3(Cc4ccc([N+](=O)[O-])cc4)C(/C=C/C=C4/N(C)c5ccccc5C4(Cc4ccc(Cl)cc4[N+](=O)[O-])Cc4ccc(Cl)cc4[N+](=O)[O-])=[N+](C)c4ccc([N+](=O)[O-])cc43)cc2)Cc2ccc([N+](=O)[O-])cc2)C(Cc2ccc(Cl)c([N+](=O)[O-])c2)(Cc2ccc(Cl)cc2[N+](=O)[O-])c2ccccc21. The van der Waals surface area contributed by atoms with Gasteiger partial charge in [0.2, 0.25) is 11.4 Å². The largest absolute Gasteiger partial charge is 0.347 e. The van der Waals surface area contributed by atoms with Crippen LogP contribution in [0.3, 0.4) is 0 Å². The number of nitro groups is 8. The summed E-state index contributed by atoms with van der Waals surface area (Å²) < 4.78 is 3.84. The molecular formula is C92H72Cl4N12O16+2. The van der Waals surface area contributed by atoms with Crippen molar-refractivity contribution in [2.45, 2.75) is 73.0 Å². The summed E-state index contributed by atoms with van der Waals surface area (Å²) in [5.74, 6) is 0. The normalized spacial score (nSPS) is 18.0. The molecule has 0 saturated carbocycles. The van der Waals surface area contributed by atoms with E-state index in [1.807, 2.05) is 150 Å². The number of fused-ring (bicyclic) bond motifs is 4. The molecule has 0 bridgehead atoms. The minimum atomic E-state index is -1.31. The Labute approximate surface area is 727 Å². The number of nitro benzene ring substituents is 8. The van der Waals surface area contributed by atoms with Gasteiger partial charge in [0.25, 0.3) is 45.5 Å². The maximum atomic E-state index is 13.1. The fourth-order valence-corrected chi connectivity index (χ4v) is 19.6. The van der Waals surface area contributed by atoms with Crippen LogP contribution in [0.2, 0.25) is 20.1 Å². The van der Waals surface area contributed by atoms with Crippen molar-refractivity contribution in [3.05, 3.63) is 446 Å². The van der Waals surface area contributed by atoms with Crippen molar-refractivity contribution in [2.24, 2.45) is 0 Å². The highest BCUT2D eigenvalue weighted by Crippen LogP contribution is 2.56. The third kappa shape index (κ3) is 15.7. The van der Waals surface area contributed by atoms with Crippen molar-refractivity contribution in [3.63, 3.8) is 0 Å². The van der Waals surface area contributed by atoms with Crippen molar-refractivity contribution >= 4 is 126 Å². The molecule has 124 heavy (non-hydrogen) atoms. The molecule has 28 nitrogen and oxygen atoms in total. The smallest absolute Gasteiger partial charge is 0.288 e. The number of hydrogen-bond acceptors (Lipinski definition) is 18. The predicted molar refractivity (Wildman–Crippen MR) is 473 cm³/mol. The Balaban J connectivity index is 0.888. The standard InChI is InChI=1S/C92H72Cl4N12O16/c1-97-77-13-7-5-11-72(77)91(53-61-27-40-76(96)84(43-61)108(123)124,54-62-28-31-65(93)44-81(62)105(117)118)87(97)17-9-15-85-89(51-59-23-34-68(35-24-59)101(109)110,74-47-70(103(113)114)38-41-79(74)99(85)3)49-57-19-21-58(22-20-57)50-90(52-60-25-36-69(37-26-60)102(111)112)75-48-71(104(115)116)39-42-80(75)100(4)86(90)16-10-18-88-92(73-12-6-8-14-78(73)98(88)2,55-63-29-32-66(94)45-82(63)106(119)120)56-64-30-33-67(95)46-83(64)107(121)122/h5-48H,49-56H2,1-4H3/q+2. The first kappa shape index (κ1) is 84.7. The van der Waals surface area contributed by atoms with Crippen LogP contribution < -0.4 is 9.80 Å². The van der Waals surface area contributed by atoms with E-state index in [0.29, 0.717) is 90.0 Å². The van der Waals surface area contributed by atoms with Crippen LogP contribution in [0.15, 0.2) is 278 Å². The molecule has 32 heteroatoms. The molecule has 0 aliphatic carbocycles. The van der Waals surface area contributed by atoms with Crippen molar-refractivity contribution in [2.75, 3.05) is 38.0 Å². The fraction of sp³-hybridized carbons (Fsp3) is 0.174. The zero-order valence-electron chi connectivity index (χ0n) is 66.5. The molecule has 0 saturated heterocycles. The zero-order chi connectivity index (χ0) is 88.2. The monoisotopic (exact) mass is 1740 g/mol. The molecule has 3 unspecified atom stereocenters. The Kier molecular flexibility index (Phi) is 22.9. The summed E-state index contributed by atoms with van der Waals surface area (Å²) in [5, 5.41) is 103. The van der Waals surface area contributed by atoms with Crippen LogP contribution in [0.25, 0.3) is 0 Å². The van der Waals surface area contributed by atoms with E-state index in [9.17, 15) is 80.9 Å². The molecule has 11 aromatic carbocycles. The molecular weight excluding hydrogens is 1670 g/mol. The minimum Gasteiger partial charge on any atom is -0.347 e. The summed E-state index contributed by atoms with van der Waals surface area (Å²) >= 11 is 25.8. The van der Waals surface area contributed by atoms with Crippen LogP contribution in [0.1, 0.15) is 66.8 Å². The van der Waals surface area contributed by atoms with Gasteiger partial charge in [0.1, 0.15) is 19.1 Å². The highest BCUT2D eigenvalue weighted by atomic mass is 35.5. The second-order valence-electron chi connectivity index (χ2n) is 31.3. The first-order valence-electron chi connectivity index (χ1n) is 38.7. The van der Waals surface area contributed by atoms with Crippen molar-refractivity contribution in [3.8, 4) is 0 Å². The van der Waals surface area contributed by atoms with Gasteiger partial charge in [0.05, 0.1) is 50.2 Å². The van der Waals surface area contributed by atoms with Gasteiger partial charge in [-0.25, -0.2) is 0 Å². The van der Waals surface area contributed by atoms with Gasteiger partial charge in [-0.05, 0) is 139 Å². The Morgan fingerprint density at radius 3 is 0.960 bits per heavy atom. The molecule has 0 fully saturated rings. The molecule has 4 aliphatic heterocycles. The van der Waals surface area contributed by atoms with E-state index in [0.717, 1.165) is 11.3 Å². The number of halogens is 4. The lowest BCUT2D eigenvalue weighted by molar-refractivity contribution is -0.402. The van der Waals surface area contributed by atoms with E-state index in [1.54, 1.807) is 84.9 Å². The molecule has 0 spiro atoms. The van der Waals surface area contributed by atoms with E-state index in [2.05, 4.69) is 0 Å². The third-order valence-corrected chi connectivity index (χ3v) is 25.4. The van der Waals surface area contributed by atoms with Crippen LogP contribution in [-0.4, -0.2) is 88.2 Å². The number of rotatable bonds is 28. The Hall–Kier alpha value is -14.3. The molecule has 0 radical (unpaired) electrons. The zero-order valence-corrected chi connectivity index (χ0v) is 69.5. The Bertz CT molecular complexity index is 6510. The van der Waals surface area contributed by atoms with Crippen LogP contribution >= 0.6 is 46.4 Å². The van der Waals surface area contributed by atoms with Crippen LogP contribution in [-0.2, 0) is 73.0 Å². The molecule has 4 heterocycles. The summed E-state index contributed by atoms with van der Waals surface area (Å²) in [4.78, 5) is 102. The lowest BCUT2D eigenvalue weighted by atomic mass is 9.67. The van der Waals surface area contributed by atoms with Crippen molar-refractivity contribution in [1.82, 2.24) is 0 Å². The van der Waals surface area contributed by atoms with E-state index in [-0.39, 0.29) is 128 Å². The summed E-state index contributed by atoms with van der Waals surface area (Å²) in [7, 11) is 7.31. The van der Waals surface area contributed by atoms with Gasteiger partial charge in [-0.3, -0.25) is 80.9 Å². The van der Waals surface area contributed by atoms with Gasteiger partial charge in [0.15, 0.2) is 11.4 Å². The highest BCUT2D eigenvalue weighted by molar-refractivity contribution is 6.33. The third-order valence-electron chi connectivity index (χ3n) is 24.4. The molecule has 0 aromatic heterocycles. The summed E-state index contributed by atoms with van der Waals surface area (Å²) in [5.41, 5.74) is 4.15. The number of likely N-dealkylation sites (N-methyl/N-ethyl adjacent to an activating group) is 2. The maximum Gasteiger partial charge on any atom is 0.288 e. The average Bonchev–Trinajstić information content (AvgIpc) is 1.59. The van der Waals surface area contributed by atoms with Gasteiger partial charge in [-0.2, -0.15) is 9.15 Å². The first-order chi connectivity index (χ1) is 59.2. The number of para-hydroxylation sites is 2. The van der Waals surface area contributed by atoms with Crippen LogP contribution in [0.5, 0.6) is 0 Å². The topological polar surface area (TPSA) is 358 Å². The predicted octanol–water partition coefficient (Wildman–Crippen LogP) is 21.1.